The highest BCUT2D eigenvalue weighted by Crippen LogP contribution is 2.27. The third kappa shape index (κ3) is 1.90. The summed E-state index contributed by atoms with van der Waals surface area (Å²) in [6.45, 7) is 7.09. The largest absolute Gasteiger partial charge is 0.445 e. The number of amides is 1. The Labute approximate surface area is 73.7 Å². The smallest absolute Gasteiger partial charge is 0.409 e. The Morgan fingerprint density at radius 1 is 1.50 bits per heavy atom. The van der Waals surface area contributed by atoms with Crippen molar-refractivity contribution < 1.29 is 9.53 Å². The van der Waals surface area contributed by atoms with Crippen LogP contribution in [-0.2, 0) is 4.74 Å². The van der Waals surface area contributed by atoms with Gasteiger partial charge in [0.15, 0.2) is 0 Å². The van der Waals surface area contributed by atoms with Crippen molar-refractivity contribution >= 4 is 6.09 Å². The number of carbonyl (C=O) groups excluding carboxylic acids is 1. The van der Waals surface area contributed by atoms with E-state index >= 15 is 0 Å². The van der Waals surface area contributed by atoms with Gasteiger partial charge in [0.25, 0.3) is 0 Å². The minimum absolute atomic E-state index is 0.0664. The van der Waals surface area contributed by atoms with E-state index in [-0.39, 0.29) is 17.6 Å². The predicted octanol–water partition coefficient (Wildman–Crippen LogP) is 1.87. The second kappa shape index (κ2) is 2.96. The van der Waals surface area contributed by atoms with Crippen LogP contribution < -0.4 is 0 Å². The summed E-state index contributed by atoms with van der Waals surface area (Å²) in [4.78, 5) is 12.8. The van der Waals surface area contributed by atoms with Crippen LogP contribution in [0.5, 0.6) is 0 Å². The Morgan fingerprint density at radius 3 is 2.50 bits per heavy atom. The molecule has 0 aromatic carbocycles. The van der Waals surface area contributed by atoms with Crippen LogP contribution in [0.1, 0.15) is 27.2 Å². The van der Waals surface area contributed by atoms with E-state index < -0.39 is 0 Å². The van der Waals surface area contributed by atoms with Gasteiger partial charge in [-0.1, -0.05) is 20.8 Å². The number of hydrogen-bond donors (Lipinski definition) is 0. The molecule has 0 saturated carbocycles. The molecule has 1 atom stereocenters. The molecule has 0 aliphatic carbocycles. The predicted molar refractivity (Wildman–Crippen MR) is 47.0 cm³/mol. The average Bonchev–Trinajstić information content (AvgIpc) is 1.92. The Hall–Kier alpha value is -0.730. The van der Waals surface area contributed by atoms with E-state index in [2.05, 4.69) is 20.8 Å². The van der Waals surface area contributed by atoms with Crippen molar-refractivity contribution in [3.8, 4) is 0 Å². The van der Waals surface area contributed by atoms with Crippen molar-refractivity contribution in [2.75, 3.05) is 13.6 Å². The average molecular weight is 171 g/mol. The van der Waals surface area contributed by atoms with Gasteiger partial charge >= 0.3 is 6.09 Å². The van der Waals surface area contributed by atoms with Crippen molar-refractivity contribution in [1.29, 1.82) is 0 Å². The van der Waals surface area contributed by atoms with Crippen molar-refractivity contribution in [2.24, 2.45) is 5.41 Å². The fourth-order valence-corrected chi connectivity index (χ4v) is 1.28. The first-order valence-corrected chi connectivity index (χ1v) is 4.33. The summed E-state index contributed by atoms with van der Waals surface area (Å²) in [5.74, 6) is 0. The molecule has 3 heteroatoms. The summed E-state index contributed by atoms with van der Waals surface area (Å²) in [7, 11) is 1.77. The van der Waals surface area contributed by atoms with E-state index in [4.69, 9.17) is 4.74 Å². The first-order chi connectivity index (χ1) is 5.41. The minimum Gasteiger partial charge on any atom is -0.445 e. The number of rotatable bonds is 0. The Bertz CT molecular complexity index is 183. The van der Waals surface area contributed by atoms with Gasteiger partial charge in [-0.3, -0.25) is 0 Å². The molecule has 0 aromatic heterocycles. The van der Waals surface area contributed by atoms with Crippen molar-refractivity contribution in [3.05, 3.63) is 0 Å². The number of hydrogen-bond acceptors (Lipinski definition) is 2. The van der Waals surface area contributed by atoms with Gasteiger partial charge in [0.1, 0.15) is 6.10 Å². The van der Waals surface area contributed by atoms with Gasteiger partial charge in [0.05, 0.1) is 0 Å². The molecule has 1 fully saturated rings. The maximum atomic E-state index is 11.2. The van der Waals surface area contributed by atoms with E-state index in [1.807, 2.05) is 0 Å². The van der Waals surface area contributed by atoms with Crippen molar-refractivity contribution in [3.63, 3.8) is 0 Å². The van der Waals surface area contributed by atoms with Crippen LogP contribution in [0.2, 0.25) is 0 Å². The first-order valence-electron chi connectivity index (χ1n) is 4.33. The fraction of sp³-hybridized carbons (Fsp3) is 0.889. The number of carbonyl (C=O) groups is 1. The lowest BCUT2D eigenvalue weighted by molar-refractivity contribution is -0.0193. The van der Waals surface area contributed by atoms with Gasteiger partial charge < -0.3 is 9.64 Å². The number of ether oxygens (including phenoxy) is 1. The zero-order valence-electron chi connectivity index (χ0n) is 8.26. The molecule has 1 amide bonds. The topological polar surface area (TPSA) is 29.5 Å². The normalized spacial score (nSPS) is 25.5. The molecule has 1 aliphatic rings. The monoisotopic (exact) mass is 171 g/mol. The first kappa shape index (κ1) is 9.36. The molecule has 0 bridgehead atoms. The molecule has 1 saturated heterocycles. The summed E-state index contributed by atoms with van der Waals surface area (Å²) in [5.41, 5.74) is 0.0664. The highest BCUT2D eigenvalue weighted by Gasteiger charge is 2.33. The van der Waals surface area contributed by atoms with Gasteiger partial charge in [0.2, 0.25) is 0 Å². The molecule has 1 aliphatic heterocycles. The summed E-state index contributed by atoms with van der Waals surface area (Å²) >= 11 is 0. The van der Waals surface area contributed by atoms with Gasteiger partial charge in [-0.05, 0) is 5.41 Å². The zero-order valence-corrected chi connectivity index (χ0v) is 8.26. The second-order valence-corrected chi connectivity index (χ2v) is 4.45. The van der Waals surface area contributed by atoms with E-state index in [1.165, 1.54) is 0 Å². The molecular formula is C9H17NO2. The molecule has 1 rings (SSSR count). The third-order valence-electron chi connectivity index (χ3n) is 2.25. The lowest BCUT2D eigenvalue weighted by atomic mass is 9.86. The highest BCUT2D eigenvalue weighted by atomic mass is 16.6. The molecule has 1 heterocycles. The summed E-state index contributed by atoms with van der Waals surface area (Å²) < 4.78 is 5.25. The van der Waals surface area contributed by atoms with Gasteiger partial charge in [-0.25, -0.2) is 4.79 Å². The van der Waals surface area contributed by atoms with Gasteiger partial charge in [-0.15, -0.1) is 0 Å². The molecule has 70 valence electrons. The molecule has 12 heavy (non-hydrogen) atoms. The molecule has 0 aromatic rings. The van der Waals surface area contributed by atoms with Gasteiger partial charge in [0, 0.05) is 20.0 Å². The van der Waals surface area contributed by atoms with Crippen LogP contribution in [0.25, 0.3) is 0 Å². The van der Waals surface area contributed by atoms with Crippen LogP contribution in [0, 0.1) is 5.41 Å². The van der Waals surface area contributed by atoms with Gasteiger partial charge in [-0.2, -0.15) is 0 Å². The van der Waals surface area contributed by atoms with E-state index in [0.717, 1.165) is 13.0 Å². The van der Waals surface area contributed by atoms with Crippen molar-refractivity contribution in [2.45, 2.75) is 33.3 Å². The Morgan fingerprint density at radius 2 is 2.08 bits per heavy atom. The Kier molecular flexibility index (Phi) is 2.31. The van der Waals surface area contributed by atoms with E-state index in [9.17, 15) is 4.79 Å². The highest BCUT2D eigenvalue weighted by molar-refractivity contribution is 5.68. The molecule has 0 radical (unpaired) electrons. The van der Waals surface area contributed by atoms with E-state index in [0.29, 0.717) is 0 Å². The van der Waals surface area contributed by atoms with Crippen LogP contribution in [0.15, 0.2) is 0 Å². The minimum atomic E-state index is -0.193. The second-order valence-electron chi connectivity index (χ2n) is 4.45. The number of cyclic esters (lactones) is 1. The lowest BCUT2D eigenvalue weighted by Gasteiger charge is -2.36. The van der Waals surface area contributed by atoms with Crippen LogP contribution in [0.3, 0.4) is 0 Å². The van der Waals surface area contributed by atoms with Crippen LogP contribution in [0.4, 0.5) is 4.79 Å². The Balaban J connectivity index is 2.57. The lowest BCUT2D eigenvalue weighted by Crippen LogP contribution is -2.44. The molecular weight excluding hydrogens is 154 g/mol. The summed E-state index contributed by atoms with van der Waals surface area (Å²) in [6.07, 6.45) is 0.813. The quantitative estimate of drug-likeness (QED) is 0.557. The van der Waals surface area contributed by atoms with Crippen LogP contribution in [-0.4, -0.2) is 30.7 Å². The van der Waals surface area contributed by atoms with Crippen molar-refractivity contribution in [1.82, 2.24) is 4.90 Å². The molecule has 0 N–H and O–H groups in total. The van der Waals surface area contributed by atoms with Crippen LogP contribution >= 0.6 is 0 Å². The molecule has 0 spiro atoms. The maximum Gasteiger partial charge on any atom is 0.409 e. The standard InChI is InChI=1S/C9H17NO2/c1-9(2,3)7-5-6-10(4)8(11)12-7/h7H,5-6H2,1-4H3. The third-order valence-corrected chi connectivity index (χ3v) is 2.25. The van der Waals surface area contributed by atoms with E-state index in [1.54, 1.807) is 11.9 Å². The molecule has 1 unspecified atom stereocenters. The zero-order chi connectivity index (χ0) is 9.35. The SMILES string of the molecule is CN1CCC(C(C)(C)C)OC1=O. The summed E-state index contributed by atoms with van der Waals surface area (Å²) in [6, 6.07) is 0. The number of nitrogens with zero attached hydrogens (tertiary/aromatic N) is 1. The summed E-state index contributed by atoms with van der Waals surface area (Å²) in [5, 5.41) is 0. The maximum absolute atomic E-state index is 11.2. The fourth-order valence-electron chi connectivity index (χ4n) is 1.28. The molecule has 3 nitrogen and oxygen atoms in total.